The molecule has 1 aromatic rings. The number of ether oxygens (including phenoxy) is 1. The third-order valence-corrected chi connectivity index (χ3v) is 4.07. The van der Waals surface area contributed by atoms with E-state index in [1.165, 1.54) is 4.88 Å². The van der Waals surface area contributed by atoms with Crippen molar-refractivity contribution < 1.29 is 9.53 Å². The van der Waals surface area contributed by atoms with Crippen LogP contribution in [0.2, 0.25) is 0 Å². The summed E-state index contributed by atoms with van der Waals surface area (Å²) in [7, 11) is 0. The molecule has 0 atom stereocenters. The highest BCUT2D eigenvalue weighted by Gasteiger charge is 2.26. The van der Waals surface area contributed by atoms with Gasteiger partial charge in [0.2, 0.25) is 0 Å². The second-order valence-corrected chi connectivity index (χ2v) is 6.19. The molecule has 1 aliphatic rings. The van der Waals surface area contributed by atoms with Crippen LogP contribution in [0.1, 0.15) is 31.6 Å². The Morgan fingerprint density at radius 2 is 2.26 bits per heavy atom. The van der Waals surface area contributed by atoms with Crippen LogP contribution < -0.4 is 5.32 Å². The minimum absolute atomic E-state index is 0.0373. The highest BCUT2D eigenvalue weighted by Crippen LogP contribution is 2.20. The smallest absolute Gasteiger partial charge is 0.318 e. The zero-order chi connectivity index (χ0) is 13.7. The molecule has 0 saturated carbocycles. The molecule has 106 valence electrons. The topological polar surface area (TPSA) is 41.6 Å². The molecule has 1 fully saturated rings. The molecular weight excluding hydrogens is 260 g/mol. The van der Waals surface area contributed by atoms with E-state index in [1.54, 1.807) is 11.3 Å². The third kappa shape index (κ3) is 4.21. The van der Waals surface area contributed by atoms with Crippen molar-refractivity contribution in [2.45, 2.75) is 45.3 Å². The summed E-state index contributed by atoms with van der Waals surface area (Å²) in [5.74, 6) is 0. The van der Waals surface area contributed by atoms with Crippen LogP contribution in [0.4, 0.5) is 4.79 Å². The summed E-state index contributed by atoms with van der Waals surface area (Å²) in [5, 5.41) is 5.06. The molecule has 2 rings (SSSR count). The maximum atomic E-state index is 12.4. The molecule has 1 N–H and O–H groups in total. The summed E-state index contributed by atoms with van der Waals surface area (Å²) >= 11 is 1.70. The highest BCUT2D eigenvalue weighted by atomic mass is 32.1. The van der Waals surface area contributed by atoms with E-state index in [2.05, 4.69) is 16.8 Å². The van der Waals surface area contributed by atoms with E-state index in [9.17, 15) is 4.79 Å². The molecule has 0 radical (unpaired) electrons. The maximum absolute atomic E-state index is 12.4. The number of carbonyl (C=O) groups is 1. The summed E-state index contributed by atoms with van der Waals surface area (Å²) in [5.41, 5.74) is 0. The van der Waals surface area contributed by atoms with Gasteiger partial charge in [-0.2, -0.15) is 0 Å². The van der Waals surface area contributed by atoms with E-state index in [1.807, 2.05) is 24.8 Å². The SMILES string of the molecule is CC(C)NC(=O)N(Cc1cccs1)C1CCOCC1. The summed E-state index contributed by atoms with van der Waals surface area (Å²) in [6, 6.07) is 4.60. The van der Waals surface area contributed by atoms with Gasteiger partial charge in [0.15, 0.2) is 0 Å². The lowest BCUT2D eigenvalue weighted by Crippen LogP contribution is -2.49. The lowest BCUT2D eigenvalue weighted by molar-refractivity contribution is 0.0437. The minimum Gasteiger partial charge on any atom is -0.381 e. The lowest BCUT2D eigenvalue weighted by atomic mass is 10.1. The van der Waals surface area contributed by atoms with Crippen LogP contribution in [0, 0.1) is 0 Å². The van der Waals surface area contributed by atoms with Crippen molar-refractivity contribution in [2.24, 2.45) is 0 Å². The van der Waals surface area contributed by atoms with Gasteiger partial charge in [-0.3, -0.25) is 0 Å². The Morgan fingerprint density at radius 1 is 1.53 bits per heavy atom. The average molecular weight is 282 g/mol. The molecular formula is C14H22N2O2S. The number of thiophene rings is 1. The van der Waals surface area contributed by atoms with Crippen LogP contribution >= 0.6 is 11.3 Å². The standard InChI is InChI=1S/C14H22N2O2S/c1-11(2)15-14(17)16(10-13-4-3-9-19-13)12-5-7-18-8-6-12/h3-4,9,11-12H,5-8,10H2,1-2H3,(H,15,17). The van der Waals surface area contributed by atoms with Gasteiger partial charge in [-0.05, 0) is 38.1 Å². The Labute approximate surface area is 118 Å². The average Bonchev–Trinajstić information content (AvgIpc) is 2.89. The number of urea groups is 1. The first kappa shape index (κ1) is 14.3. The monoisotopic (exact) mass is 282 g/mol. The fourth-order valence-corrected chi connectivity index (χ4v) is 2.97. The van der Waals surface area contributed by atoms with Crippen molar-refractivity contribution in [3.05, 3.63) is 22.4 Å². The number of carbonyl (C=O) groups excluding carboxylic acids is 1. The Balaban J connectivity index is 2.05. The summed E-state index contributed by atoms with van der Waals surface area (Å²) in [6.07, 6.45) is 1.85. The summed E-state index contributed by atoms with van der Waals surface area (Å²) < 4.78 is 5.39. The second kappa shape index (κ2) is 6.91. The van der Waals surface area contributed by atoms with Crippen LogP contribution in [0.25, 0.3) is 0 Å². The maximum Gasteiger partial charge on any atom is 0.318 e. The summed E-state index contributed by atoms with van der Waals surface area (Å²) in [4.78, 5) is 15.6. The van der Waals surface area contributed by atoms with Crippen molar-refractivity contribution in [3.8, 4) is 0 Å². The number of rotatable bonds is 4. The van der Waals surface area contributed by atoms with Gasteiger partial charge in [0.25, 0.3) is 0 Å². The van der Waals surface area contributed by atoms with Crippen molar-refractivity contribution in [3.63, 3.8) is 0 Å². The third-order valence-electron chi connectivity index (χ3n) is 3.21. The molecule has 1 saturated heterocycles. The molecule has 0 aromatic carbocycles. The van der Waals surface area contributed by atoms with Crippen molar-refractivity contribution >= 4 is 17.4 Å². The van der Waals surface area contributed by atoms with Crippen molar-refractivity contribution in [1.82, 2.24) is 10.2 Å². The van der Waals surface area contributed by atoms with Crippen molar-refractivity contribution in [2.75, 3.05) is 13.2 Å². The van der Waals surface area contributed by atoms with Gasteiger partial charge in [-0.25, -0.2) is 4.79 Å². The van der Waals surface area contributed by atoms with Gasteiger partial charge in [-0.1, -0.05) is 6.07 Å². The molecule has 4 nitrogen and oxygen atoms in total. The number of nitrogens with one attached hydrogen (secondary N) is 1. The minimum atomic E-state index is 0.0373. The lowest BCUT2D eigenvalue weighted by Gasteiger charge is -2.34. The first-order chi connectivity index (χ1) is 9.16. The molecule has 0 spiro atoms. The quantitative estimate of drug-likeness (QED) is 0.922. The number of amides is 2. The molecule has 5 heteroatoms. The van der Waals surface area contributed by atoms with Gasteiger partial charge in [-0.15, -0.1) is 11.3 Å². The highest BCUT2D eigenvalue weighted by molar-refractivity contribution is 7.09. The van der Waals surface area contributed by atoms with E-state index in [4.69, 9.17) is 4.74 Å². The van der Waals surface area contributed by atoms with Gasteiger partial charge in [0, 0.05) is 30.2 Å². The predicted octanol–water partition coefficient (Wildman–Crippen LogP) is 2.85. The molecule has 1 aromatic heterocycles. The zero-order valence-electron chi connectivity index (χ0n) is 11.6. The van der Waals surface area contributed by atoms with E-state index in [-0.39, 0.29) is 18.1 Å². The zero-order valence-corrected chi connectivity index (χ0v) is 12.4. The Kier molecular flexibility index (Phi) is 5.22. The second-order valence-electron chi connectivity index (χ2n) is 5.16. The van der Waals surface area contributed by atoms with E-state index < -0.39 is 0 Å². The molecule has 0 unspecified atom stereocenters. The van der Waals surface area contributed by atoms with Crippen LogP contribution in [0.15, 0.2) is 17.5 Å². The van der Waals surface area contributed by atoms with Gasteiger partial charge in [0.1, 0.15) is 0 Å². The van der Waals surface area contributed by atoms with Gasteiger partial charge >= 0.3 is 6.03 Å². The first-order valence-corrected chi connectivity index (χ1v) is 7.72. The predicted molar refractivity (Wildman–Crippen MR) is 77.4 cm³/mol. The number of hydrogen-bond donors (Lipinski definition) is 1. The molecule has 19 heavy (non-hydrogen) atoms. The van der Waals surface area contributed by atoms with Crippen LogP contribution in [-0.4, -0.2) is 36.2 Å². The number of hydrogen-bond acceptors (Lipinski definition) is 3. The molecule has 2 amide bonds. The fraction of sp³-hybridized carbons (Fsp3) is 0.643. The van der Waals surface area contributed by atoms with Crippen LogP contribution in [-0.2, 0) is 11.3 Å². The van der Waals surface area contributed by atoms with Crippen LogP contribution in [0.3, 0.4) is 0 Å². The normalized spacial score (nSPS) is 16.6. The molecule has 2 heterocycles. The largest absolute Gasteiger partial charge is 0.381 e. The van der Waals surface area contributed by atoms with Crippen LogP contribution in [0.5, 0.6) is 0 Å². The Bertz CT molecular complexity index is 386. The first-order valence-electron chi connectivity index (χ1n) is 6.84. The Morgan fingerprint density at radius 3 is 2.84 bits per heavy atom. The van der Waals surface area contributed by atoms with E-state index in [0.717, 1.165) is 26.1 Å². The molecule has 0 aliphatic carbocycles. The van der Waals surface area contributed by atoms with E-state index in [0.29, 0.717) is 6.54 Å². The van der Waals surface area contributed by atoms with Gasteiger partial charge < -0.3 is 15.0 Å². The van der Waals surface area contributed by atoms with Gasteiger partial charge in [0.05, 0.1) is 6.54 Å². The van der Waals surface area contributed by atoms with Crippen molar-refractivity contribution in [1.29, 1.82) is 0 Å². The van der Waals surface area contributed by atoms with E-state index >= 15 is 0 Å². The Hall–Kier alpha value is -1.07. The molecule has 0 bridgehead atoms. The fourth-order valence-electron chi connectivity index (χ4n) is 2.26. The summed E-state index contributed by atoms with van der Waals surface area (Å²) in [6.45, 7) is 6.18. The molecule has 1 aliphatic heterocycles. The number of nitrogens with zero attached hydrogens (tertiary/aromatic N) is 1.